The molecule has 0 aliphatic heterocycles. The van der Waals surface area contributed by atoms with Crippen LogP contribution in [-0.4, -0.2) is 9.97 Å². The molecule has 0 bridgehead atoms. The van der Waals surface area contributed by atoms with Gasteiger partial charge in [-0.3, -0.25) is 0 Å². The largest absolute Gasteiger partial charge is 0.455 e. The van der Waals surface area contributed by atoms with E-state index in [0.29, 0.717) is 5.82 Å². The first-order valence-electron chi connectivity index (χ1n) is 17.2. The molecule has 51 heavy (non-hydrogen) atoms. The maximum Gasteiger partial charge on any atom is 0.160 e. The molecular weight excluding hydrogens is 621 g/mol. The molecular formula is C48H30N2O. The van der Waals surface area contributed by atoms with Crippen LogP contribution < -0.4 is 0 Å². The van der Waals surface area contributed by atoms with Crippen molar-refractivity contribution in [3.8, 4) is 56.0 Å². The average molecular weight is 651 g/mol. The fourth-order valence-electron chi connectivity index (χ4n) is 7.35. The molecule has 0 amide bonds. The Morgan fingerprint density at radius 2 is 0.902 bits per heavy atom. The number of aromatic nitrogens is 2. The van der Waals surface area contributed by atoms with Crippen LogP contribution in [0.1, 0.15) is 0 Å². The van der Waals surface area contributed by atoms with Crippen molar-refractivity contribution in [2.24, 2.45) is 0 Å². The van der Waals surface area contributed by atoms with E-state index in [0.717, 1.165) is 71.7 Å². The third-order valence-corrected chi connectivity index (χ3v) is 9.92. The molecule has 0 radical (unpaired) electrons. The van der Waals surface area contributed by atoms with Gasteiger partial charge in [0.15, 0.2) is 5.82 Å². The van der Waals surface area contributed by atoms with Gasteiger partial charge in [-0.1, -0.05) is 158 Å². The molecule has 10 aromatic rings. The van der Waals surface area contributed by atoms with E-state index in [9.17, 15) is 0 Å². The lowest BCUT2D eigenvalue weighted by Crippen LogP contribution is -1.95. The summed E-state index contributed by atoms with van der Waals surface area (Å²) in [6.45, 7) is 0. The van der Waals surface area contributed by atoms with Crippen LogP contribution in [0.3, 0.4) is 0 Å². The highest BCUT2D eigenvalue weighted by Crippen LogP contribution is 2.39. The maximum atomic E-state index is 6.36. The summed E-state index contributed by atoms with van der Waals surface area (Å²) in [5, 5.41) is 5.60. The number of hydrogen-bond donors (Lipinski definition) is 0. The van der Waals surface area contributed by atoms with E-state index in [1.165, 1.54) is 22.1 Å². The van der Waals surface area contributed by atoms with Crippen molar-refractivity contribution in [3.63, 3.8) is 0 Å². The molecule has 0 spiro atoms. The Morgan fingerprint density at radius 1 is 0.333 bits per heavy atom. The van der Waals surface area contributed by atoms with Crippen LogP contribution in [0.5, 0.6) is 0 Å². The van der Waals surface area contributed by atoms with Gasteiger partial charge in [0.25, 0.3) is 0 Å². The topological polar surface area (TPSA) is 38.9 Å². The molecule has 2 heterocycles. The zero-order valence-electron chi connectivity index (χ0n) is 27.6. The quantitative estimate of drug-likeness (QED) is 0.186. The van der Waals surface area contributed by atoms with Crippen LogP contribution in [0, 0.1) is 0 Å². The molecule has 2 aromatic heterocycles. The number of para-hydroxylation sites is 2. The van der Waals surface area contributed by atoms with Crippen molar-refractivity contribution in [2.75, 3.05) is 0 Å². The van der Waals surface area contributed by atoms with Gasteiger partial charge in [0.1, 0.15) is 11.2 Å². The predicted molar refractivity (Wildman–Crippen MR) is 212 cm³/mol. The summed E-state index contributed by atoms with van der Waals surface area (Å²) < 4.78 is 6.36. The maximum absolute atomic E-state index is 6.36. The van der Waals surface area contributed by atoms with Crippen molar-refractivity contribution in [2.45, 2.75) is 0 Å². The summed E-state index contributed by atoms with van der Waals surface area (Å²) in [6, 6.07) is 63.9. The van der Waals surface area contributed by atoms with Crippen LogP contribution >= 0.6 is 0 Å². The van der Waals surface area contributed by atoms with Crippen molar-refractivity contribution >= 4 is 43.6 Å². The molecule has 238 valence electrons. The van der Waals surface area contributed by atoms with Gasteiger partial charge in [0.2, 0.25) is 0 Å². The Balaban J connectivity index is 1.02. The molecule has 0 atom stereocenters. The fraction of sp³-hybridized carbons (Fsp3) is 0. The van der Waals surface area contributed by atoms with Crippen molar-refractivity contribution in [1.82, 2.24) is 9.97 Å². The minimum absolute atomic E-state index is 0.708. The number of nitrogens with zero attached hydrogens (tertiary/aromatic N) is 2. The summed E-state index contributed by atoms with van der Waals surface area (Å²) in [6.07, 6.45) is 0. The van der Waals surface area contributed by atoms with Crippen molar-refractivity contribution < 1.29 is 4.42 Å². The van der Waals surface area contributed by atoms with E-state index in [4.69, 9.17) is 14.4 Å². The van der Waals surface area contributed by atoms with Gasteiger partial charge in [-0.25, -0.2) is 9.97 Å². The first kappa shape index (κ1) is 29.1. The normalized spacial score (nSPS) is 11.5. The summed E-state index contributed by atoms with van der Waals surface area (Å²) in [4.78, 5) is 10.3. The second kappa shape index (κ2) is 11.9. The monoisotopic (exact) mass is 650 g/mol. The standard InChI is InChI=1S/C48H30N2O/c1-2-10-31(11-3-1)32-20-22-33(23-21-32)36-12-8-13-37(30-36)48-49-44-18-6-4-15-43(44)46(50-48)35-26-24-34(25-27-35)38-16-9-17-41-39(38)28-29-42-40-14-5-7-19-45(40)51-47(41)42/h1-30H. The predicted octanol–water partition coefficient (Wildman–Crippen LogP) is 13.0. The van der Waals surface area contributed by atoms with E-state index in [2.05, 4.69) is 158 Å². The van der Waals surface area contributed by atoms with Crippen LogP contribution in [-0.2, 0) is 0 Å². The zero-order chi connectivity index (χ0) is 33.7. The molecule has 10 rings (SSSR count). The Morgan fingerprint density at radius 3 is 1.75 bits per heavy atom. The van der Waals surface area contributed by atoms with Crippen molar-refractivity contribution in [3.05, 3.63) is 182 Å². The number of hydrogen-bond acceptors (Lipinski definition) is 3. The van der Waals surface area contributed by atoms with E-state index >= 15 is 0 Å². The molecule has 0 aliphatic rings. The second-order valence-corrected chi connectivity index (χ2v) is 13.0. The number of fused-ring (bicyclic) bond motifs is 6. The Labute approximate surface area is 295 Å². The van der Waals surface area contributed by atoms with Gasteiger partial charge in [-0.15, -0.1) is 0 Å². The highest BCUT2D eigenvalue weighted by Gasteiger charge is 2.15. The van der Waals surface area contributed by atoms with E-state index in [-0.39, 0.29) is 0 Å². The highest BCUT2D eigenvalue weighted by molar-refractivity contribution is 6.17. The van der Waals surface area contributed by atoms with Gasteiger partial charge in [0, 0.05) is 32.7 Å². The Kier molecular flexibility index (Phi) is 6.81. The minimum atomic E-state index is 0.708. The Bertz CT molecular complexity index is 2890. The summed E-state index contributed by atoms with van der Waals surface area (Å²) in [5.74, 6) is 0.708. The third-order valence-electron chi connectivity index (χ3n) is 9.92. The van der Waals surface area contributed by atoms with E-state index in [1.807, 2.05) is 24.3 Å². The van der Waals surface area contributed by atoms with E-state index < -0.39 is 0 Å². The minimum Gasteiger partial charge on any atom is -0.455 e. The van der Waals surface area contributed by atoms with Crippen molar-refractivity contribution in [1.29, 1.82) is 0 Å². The number of rotatable bonds is 5. The van der Waals surface area contributed by atoms with Gasteiger partial charge < -0.3 is 4.42 Å². The smallest absolute Gasteiger partial charge is 0.160 e. The van der Waals surface area contributed by atoms with Crippen LogP contribution in [0.15, 0.2) is 186 Å². The molecule has 3 nitrogen and oxygen atoms in total. The van der Waals surface area contributed by atoms with Gasteiger partial charge in [-0.2, -0.15) is 0 Å². The van der Waals surface area contributed by atoms with Crippen LogP contribution in [0.4, 0.5) is 0 Å². The molecule has 3 heteroatoms. The molecule has 0 fully saturated rings. The highest BCUT2D eigenvalue weighted by atomic mass is 16.3. The summed E-state index contributed by atoms with van der Waals surface area (Å²) in [5.41, 5.74) is 12.7. The lowest BCUT2D eigenvalue weighted by Gasteiger charge is -2.12. The van der Waals surface area contributed by atoms with Gasteiger partial charge >= 0.3 is 0 Å². The first-order chi connectivity index (χ1) is 25.3. The first-order valence-corrected chi connectivity index (χ1v) is 17.2. The lowest BCUT2D eigenvalue weighted by atomic mass is 9.95. The average Bonchev–Trinajstić information content (AvgIpc) is 3.60. The summed E-state index contributed by atoms with van der Waals surface area (Å²) >= 11 is 0. The number of furan rings is 1. The van der Waals surface area contributed by atoms with Gasteiger partial charge in [0.05, 0.1) is 11.2 Å². The fourth-order valence-corrected chi connectivity index (χ4v) is 7.35. The second-order valence-electron chi connectivity index (χ2n) is 13.0. The van der Waals surface area contributed by atoms with Gasteiger partial charge in [-0.05, 0) is 63.0 Å². The summed E-state index contributed by atoms with van der Waals surface area (Å²) in [7, 11) is 0. The SMILES string of the molecule is c1ccc(-c2ccc(-c3cccc(-c4nc(-c5ccc(-c6cccc7c6ccc6c8ccccc8oc76)cc5)c5ccccc5n4)c3)cc2)cc1. The zero-order valence-corrected chi connectivity index (χ0v) is 27.6. The van der Waals surface area contributed by atoms with Crippen LogP contribution in [0.25, 0.3) is 99.6 Å². The molecule has 0 saturated heterocycles. The molecule has 0 N–H and O–H groups in total. The van der Waals surface area contributed by atoms with Crippen LogP contribution in [0.2, 0.25) is 0 Å². The molecule has 0 aliphatic carbocycles. The third kappa shape index (κ3) is 5.06. The molecule has 0 saturated carbocycles. The lowest BCUT2D eigenvalue weighted by molar-refractivity contribution is 0.672. The Hall–Kier alpha value is -6.84. The number of benzene rings is 8. The molecule has 8 aromatic carbocycles. The molecule has 0 unspecified atom stereocenters. The van der Waals surface area contributed by atoms with E-state index in [1.54, 1.807) is 0 Å².